The SMILES string of the molecule is CCCOc1c2cccc1Cc1cccc(c1OCCC)Cc1cc(-c3ccccc3P(c3ccccc3)c3ccccc3)cc(c1OCCC)Cc1cccc(c1OCCC)C2. The van der Waals surface area contributed by atoms with Gasteiger partial charge in [-0.25, -0.2) is 0 Å². The second-order valence-corrected chi connectivity index (χ2v) is 18.6. The number of benzene rings is 7. The van der Waals surface area contributed by atoms with E-state index >= 15 is 0 Å². The molecule has 0 amide bonds. The van der Waals surface area contributed by atoms with Crippen molar-refractivity contribution in [2.75, 3.05) is 26.4 Å². The van der Waals surface area contributed by atoms with Crippen LogP contribution in [0.15, 0.2) is 152 Å². The van der Waals surface area contributed by atoms with E-state index in [0.29, 0.717) is 52.1 Å². The third-order valence-electron chi connectivity index (χ3n) is 11.6. The van der Waals surface area contributed by atoms with Gasteiger partial charge in [-0.1, -0.05) is 167 Å². The predicted molar refractivity (Wildman–Crippen MR) is 264 cm³/mol. The van der Waals surface area contributed by atoms with Crippen molar-refractivity contribution >= 4 is 23.8 Å². The van der Waals surface area contributed by atoms with Crippen molar-refractivity contribution in [3.8, 4) is 34.1 Å². The molecule has 0 aromatic heterocycles. The fraction of sp³-hybridized carbons (Fsp3) is 0.276. The van der Waals surface area contributed by atoms with Crippen LogP contribution in [0.4, 0.5) is 0 Å². The lowest BCUT2D eigenvalue weighted by atomic mass is 9.89. The van der Waals surface area contributed by atoms with Gasteiger partial charge >= 0.3 is 0 Å². The Labute approximate surface area is 377 Å². The Bertz CT molecular complexity index is 2440. The zero-order chi connectivity index (χ0) is 43.4. The summed E-state index contributed by atoms with van der Waals surface area (Å²) >= 11 is 0. The Kier molecular flexibility index (Phi) is 15.0. The van der Waals surface area contributed by atoms with Gasteiger partial charge in [0.15, 0.2) is 0 Å². The molecule has 8 bridgehead atoms. The van der Waals surface area contributed by atoms with Crippen LogP contribution in [-0.4, -0.2) is 26.4 Å². The van der Waals surface area contributed by atoms with Crippen LogP contribution in [0, 0.1) is 0 Å². The molecule has 0 atom stereocenters. The van der Waals surface area contributed by atoms with Crippen molar-refractivity contribution in [2.45, 2.75) is 79.1 Å². The molecular formula is C58H61O4P. The average molecular weight is 853 g/mol. The van der Waals surface area contributed by atoms with E-state index in [2.05, 4.69) is 179 Å². The van der Waals surface area contributed by atoms with Crippen LogP contribution < -0.4 is 34.9 Å². The van der Waals surface area contributed by atoms with Crippen molar-refractivity contribution in [2.24, 2.45) is 0 Å². The summed E-state index contributed by atoms with van der Waals surface area (Å²) in [6, 6.07) is 55.9. The van der Waals surface area contributed by atoms with E-state index in [1.54, 1.807) is 0 Å². The molecule has 0 aliphatic heterocycles. The molecule has 1 aliphatic rings. The molecule has 1 aliphatic carbocycles. The summed E-state index contributed by atoms with van der Waals surface area (Å²) in [5, 5.41) is 3.98. The number of para-hydroxylation sites is 3. The van der Waals surface area contributed by atoms with Gasteiger partial charge in [0.2, 0.25) is 0 Å². The van der Waals surface area contributed by atoms with Gasteiger partial charge in [0.25, 0.3) is 0 Å². The number of hydrogen-bond acceptors (Lipinski definition) is 4. The zero-order valence-corrected chi connectivity index (χ0v) is 38.4. The van der Waals surface area contributed by atoms with Crippen molar-refractivity contribution in [3.63, 3.8) is 0 Å². The van der Waals surface area contributed by atoms with Crippen LogP contribution in [0.5, 0.6) is 23.0 Å². The Balaban J connectivity index is 1.39. The summed E-state index contributed by atoms with van der Waals surface area (Å²) in [4.78, 5) is 0. The average Bonchev–Trinajstić information content (AvgIpc) is 3.31. The van der Waals surface area contributed by atoms with Crippen LogP contribution >= 0.6 is 7.92 Å². The summed E-state index contributed by atoms with van der Waals surface area (Å²) < 4.78 is 27.2. The summed E-state index contributed by atoms with van der Waals surface area (Å²) in [5.41, 5.74) is 11.7. The van der Waals surface area contributed by atoms with Crippen LogP contribution in [0.1, 0.15) is 97.9 Å². The monoisotopic (exact) mass is 852 g/mol. The highest BCUT2D eigenvalue weighted by Gasteiger charge is 2.25. The molecule has 0 unspecified atom stereocenters. The standard InChI is InChI=1S/C58H61O4P/c1-5-32-59-55-42-20-17-21-43(55)37-45-23-19-25-47(57(45)61-34-7-3)39-50-41-48(40-49(58(50)62-35-8-4)38-46-24-18-22-44(36-42)56(46)60-33-6-2)53-30-15-16-31-54(53)63(51-26-11-9-12-27-51)52-28-13-10-14-29-52/h9-31,40-41H,5-8,32-39H2,1-4H3. The highest BCUT2D eigenvalue weighted by Crippen LogP contribution is 2.43. The van der Waals surface area contributed by atoms with Crippen molar-refractivity contribution < 1.29 is 18.9 Å². The Morgan fingerprint density at radius 1 is 0.349 bits per heavy atom. The first kappa shape index (κ1) is 43.8. The normalized spacial score (nSPS) is 12.2. The fourth-order valence-corrected chi connectivity index (χ4v) is 11.3. The van der Waals surface area contributed by atoms with Gasteiger partial charge < -0.3 is 18.9 Å². The first-order valence-corrected chi connectivity index (χ1v) is 24.4. The molecule has 0 radical (unpaired) electrons. The van der Waals surface area contributed by atoms with Crippen LogP contribution in [-0.2, 0) is 25.7 Å². The summed E-state index contributed by atoms with van der Waals surface area (Å²) in [7, 11) is -0.865. The highest BCUT2D eigenvalue weighted by molar-refractivity contribution is 7.80. The third kappa shape index (κ3) is 10.2. The molecule has 322 valence electrons. The van der Waals surface area contributed by atoms with E-state index in [1.807, 2.05) is 0 Å². The topological polar surface area (TPSA) is 36.9 Å². The number of hydrogen-bond donors (Lipinski definition) is 0. The Hall–Kier alpha value is -5.83. The quantitative estimate of drug-likeness (QED) is 0.0908. The molecule has 0 fully saturated rings. The minimum absolute atomic E-state index is 0.622. The second kappa shape index (κ2) is 21.5. The second-order valence-electron chi connectivity index (χ2n) is 16.5. The van der Waals surface area contributed by atoms with Gasteiger partial charge in [0.05, 0.1) is 26.4 Å². The van der Waals surface area contributed by atoms with E-state index < -0.39 is 7.92 Å². The minimum atomic E-state index is -0.865. The van der Waals surface area contributed by atoms with E-state index in [4.69, 9.17) is 18.9 Å². The largest absolute Gasteiger partial charge is 0.493 e. The van der Waals surface area contributed by atoms with Crippen LogP contribution in [0.3, 0.4) is 0 Å². The smallest absolute Gasteiger partial charge is 0.126 e. The molecule has 8 rings (SSSR count). The molecule has 7 aromatic carbocycles. The van der Waals surface area contributed by atoms with Crippen LogP contribution in [0.2, 0.25) is 0 Å². The summed E-state index contributed by atoms with van der Waals surface area (Å²) in [6.07, 6.45) is 6.37. The number of fused-ring (bicyclic) bond motifs is 8. The highest BCUT2D eigenvalue weighted by atomic mass is 31.1. The first-order valence-electron chi connectivity index (χ1n) is 23.1. The van der Waals surface area contributed by atoms with Gasteiger partial charge in [0.1, 0.15) is 23.0 Å². The molecular weight excluding hydrogens is 792 g/mol. The van der Waals surface area contributed by atoms with E-state index in [0.717, 1.165) is 82.1 Å². The molecule has 7 aromatic rings. The summed E-state index contributed by atoms with van der Waals surface area (Å²) in [5.74, 6) is 3.85. The Morgan fingerprint density at radius 2 is 0.667 bits per heavy atom. The maximum Gasteiger partial charge on any atom is 0.126 e. The van der Waals surface area contributed by atoms with Crippen molar-refractivity contribution in [1.29, 1.82) is 0 Å². The van der Waals surface area contributed by atoms with E-state index in [9.17, 15) is 0 Å². The predicted octanol–water partition coefficient (Wildman–Crippen LogP) is 12.9. The molecule has 0 heterocycles. The lowest BCUT2D eigenvalue weighted by molar-refractivity contribution is 0.304. The lowest BCUT2D eigenvalue weighted by Gasteiger charge is -2.25. The first-order chi connectivity index (χ1) is 31.1. The van der Waals surface area contributed by atoms with E-state index in [-0.39, 0.29) is 0 Å². The molecule has 0 N–H and O–H groups in total. The molecule has 0 saturated carbocycles. The Morgan fingerprint density at radius 3 is 1.03 bits per heavy atom. The maximum atomic E-state index is 6.95. The van der Waals surface area contributed by atoms with Gasteiger partial charge in [0, 0.05) is 25.7 Å². The molecule has 4 nitrogen and oxygen atoms in total. The zero-order valence-electron chi connectivity index (χ0n) is 37.5. The summed E-state index contributed by atoms with van der Waals surface area (Å²) in [6.45, 7) is 11.3. The fourth-order valence-electron chi connectivity index (χ4n) is 8.79. The lowest BCUT2D eigenvalue weighted by Crippen LogP contribution is -2.22. The molecule has 63 heavy (non-hydrogen) atoms. The maximum absolute atomic E-state index is 6.95. The molecule has 5 heteroatoms. The number of rotatable bonds is 16. The van der Waals surface area contributed by atoms with Crippen molar-refractivity contribution in [1.82, 2.24) is 0 Å². The van der Waals surface area contributed by atoms with Gasteiger partial charge in [-0.2, -0.15) is 0 Å². The third-order valence-corrected chi connectivity index (χ3v) is 14.1. The van der Waals surface area contributed by atoms with Gasteiger partial charge in [-0.3, -0.25) is 0 Å². The number of ether oxygens (including phenoxy) is 4. The van der Waals surface area contributed by atoms with Gasteiger partial charge in [-0.15, -0.1) is 0 Å². The van der Waals surface area contributed by atoms with Crippen LogP contribution in [0.25, 0.3) is 11.1 Å². The van der Waals surface area contributed by atoms with Crippen molar-refractivity contribution in [3.05, 3.63) is 196 Å². The molecule has 0 saturated heterocycles. The molecule has 0 spiro atoms. The van der Waals surface area contributed by atoms with E-state index in [1.165, 1.54) is 38.2 Å². The minimum Gasteiger partial charge on any atom is -0.493 e. The van der Waals surface area contributed by atoms with Gasteiger partial charge in [-0.05, 0) is 117 Å².